The number of methoxy groups -OCH3 is 1. The number of nitrogens with zero attached hydrogens (tertiary/aromatic N) is 1. The summed E-state index contributed by atoms with van der Waals surface area (Å²) < 4.78 is 49.3. The first-order valence-electron chi connectivity index (χ1n) is 8.05. The smallest absolute Gasteiger partial charge is 0.416 e. The maximum absolute atomic E-state index is 12.8. The van der Waals surface area contributed by atoms with Crippen LogP contribution >= 0.6 is 0 Å². The molecular weight excluding hydrogens is 347 g/mol. The molecule has 1 aliphatic rings. The summed E-state index contributed by atoms with van der Waals surface area (Å²) in [5.74, 6) is 0.607. The molecule has 0 aliphatic carbocycles. The molecule has 1 heterocycles. The lowest BCUT2D eigenvalue weighted by Gasteiger charge is -2.26. The Balaban J connectivity index is 1.83. The third-order valence-corrected chi connectivity index (χ3v) is 4.40. The fourth-order valence-electron chi connectivity index (χ4n) is 2.94. The van der Waals surface area contributed by atoms with E-state index in [-0.39, 0.29) is 18.3 Å². The molecule has 0 radical (unpaired) electrons. The third-order valence-electron chi connectivity index (χ3n) is 4.40. The molecule has 0 unspecified atom stereocenters. The van der Waals surface area contributed by atoms with E-state index >= 15 is 0 Å². The van der Waals surface area contributed by atoms with Gasteiger partial charge in [-0.05, 0) is 30.7 Å². The van der Waals surface area contributed by atoms with Gasteiger partial charge in [0.2, 0.25) is 0 Å². The van der Waals surface area contributed by atoms with E-state index in [9.17, 15) is 18.0 Å². The van der Waals surface area contributed by atoms with Gasteiger partial charge in [-0.25, -0.2) is 0 Å². The summed E-state index contributed by atoms with van der Waals surface area (Å²) in [5, 5.41) is 0. The second-order valence-electron chi connectivity index (χ2n) is 6.07. The Labute approximate surface area is 149 Å². The molecule has 0 spiro atoms. The van der Waals surface area contributed by atoms with Crippen LogP contribution in [0, 0.1) is 0 Å². The fraction of sp³-hybridized carbons (Fsp3) is 0.316. The number of hydrogen-bond donors (Lipinski definition) is 0. The van der Waals surface area contributed by atoms with Gasteiger partial charge in [-0.1, -0.05) is 12.1 Å². The van der Waals surface area contributed by atoms with Gasteiger partial charge in [-0.2, -0.15) is 13.2 Å². The van der Waals surface area contributed by atoms with Crippen molar-refractivity contribution in [2.24, 2.45) is 0 Å². The van der Waals surface area contributed by atoms with E-state index in [0.717, 1.165) is 17.7 Å². The highest BCUT2D eigenvalue weighted by atomic mass is 19.4. The number of alkyl halides is 3. The van der Waals surface area contributed by atoms with Crippen molar-refractivity contribution in [2.45, 2.75) is 19.2 Å². The second kappa shape index (κ2) is 6.90. The van der Waals surface area contributed by atoms with Crippen LogP contribution in [0.5, 0.6) is 11.5 Å². The normalized spacial score (nSPS) is 14.2. The van der Waals surface area contributed by atoms with Gasteiger partial charge in [0.15, 0.2) is 0 Å². The van der Waals surface area contributed by atoms with Crippen LogP contribution in [0.3, 0.4) is 0 Å². The SMILES string of the molecule is COc1cc(C(F)(F)F)ccc1COc1cccc2c1CCN(C)C2=O. The number of halogens is 3. The molecule has 1 aliphatic heterocycles. The predicted octanol–water partition coefficient (Wildman–Crippen LogP) is 3.92. The van der Waals surface area contributed by atoms with Crippen LogP contribution in [0.15, 0.2) is 36.4 Å². The van der Waals surface area contributed by atoms with Crippen LogP contribution in [0.25, 0.3) is 0 Å². The quantitative estimate of drug-likeness (QED) is 0.824. The lowest BCUT2D eigenvalue weighted by molar-refractivity contribution is -0.137. The zero-order valence-corrected chi connectivity index (χ0v) is 14.4. The van der Waals surface area contributed by atoms with E-state index in [1.165, 1.54) is 13.2 Å². The van der Waals surface area contributed by atoms with Crippen molar-refractivity contribution in [1.29, 1.82) is 0 Å². The van der Waals surface area contributed by atoms with Gasteiger partial charge in [-0.15, -0.1) is 0 Å². The molecule has 0 saturated carbocycles. The molecule has 0 atom stereocenters. The Hall–Kier alpha value is -2.70. The lowest BCUT2D eigenvalue weighted by Crippen LogP contribution is -2.34. The first-order valence-corrected chi connectivity index (χ1v) is 8.05. The Kier molecular flexibility index (Phi) is 4.80. The number of hydrogen-bond acceptors (Lipinski definition) is 3. The molecule has 138 valence electrons. The first kappa shape index (κ1) is 18.1. The highest BCUT2D eigenvalue weighted by Gasteiger charge is 2.31. The van der Waals surface area contributed by atoms with Gasteiger partial charge in [0, 0.05) is 30.3 Å². The van der Waals surface area contributed by atoms with Crippen molar-refractivity contribution in [1.82, 2.24) is 4.90 Å². The van der Waals surface area contributed by atoms with Crippen molar-refractivity contribution in [3.05, 3.63) is 58.7 Å². The fourth-order valence-corrected chi connectivity index (χ4v) is 2.94. The molecule has 4 nitrogen and oxygen atoms in total. The zero-order valence-electron chi connectivity index (χ0n) is 14.4. The van der Waals surface area contributed by atoms with Crippen LogP contribution in [-0.4, -0.2) is 31.5 Å². The summed E-state index contributed by atoms with van der Waals surface area (Å²) in [4.78, 5) is 13.9. The van der Waals surface area contributed by atoms with E-state index in [0.29, 0.717) is 29.8 Å². The van der Waals surface area contributed by atoms with E-state index < -0.39 is 11.7 Å². The van der Waals surface area contributed by atoms with Gasteiger partial charge in [0.05, 0.1) is 12.7 Å². The molecule has 0 saturated heterocycles. The van der Waals surface area contributed by atoms with Crippen LogP contribution in [0.4, 0.5) is 13.2 Å². The molecule has 0 aromatic heterocycles. The van der Waals surface area contributed by atoms with Crippen LogP contribution in [0.2, 0.25) is 0 Å². The first-order chi connectivity index (χ1) is 12.3. The number of carbonyl (C=O) groups excluding carboxylic acids is 1. The molecule has 2 aromatic rings. The zero-order chi connectivity index (χ0) is 18.9. The maximum atomic E-state index is 12.8. The Morgan fingerprint density at radius 3 is 2.62 bits per heavy atom. The lowest BCUT2D eigenvalue weighted by atomic mass is 9.98. The Morgan fingerprint density at radius 1 is 1.15 bits per heavy atom. The van der Waals surface area contributed by atoms with E-state index in [1.54, 1.807) is 30.1 Å². The van der Waals surface area contributed by atoms with Crippen molar-refractivity contribution >= 4 is 5.91 Å². The summed E-state index contributed by atoms with van der Waals surface area (Å²) in [5.41, 5.74) is 1.14. The number of ether oxygens (including phenoxy) is 2. The van der Waals surface area contributed by atoms with Crippen molar-refractivity contribution in [3.8, 4) is 11.5 Å². The van der Waals surface area contributed by atoms with Gasteiger partial charge < -0.3 is 14.4 Å². The average molecular weight is 365 g/mol. The number of carbonyl (C=O) groups is 1. The molecule has 2 aromatic carbocycles. The van der Waals surface area contributed by atoms with Gasteiger partial charge >= 0.3 is 6.18 Å². The molecule has 0 N–H and O–H groups in total. The molecule has 1 amide bonds. The molecule has 0 fully saturated rings. The minimum atomic E-state index is -4.43. The minimum absolute atomic E-state index is 0.0434. The van der Waals surface area contributed by atoms with Gasteiger partial charge in [0.25, 0.3) is 5.91 Å². The van der Waals surface area contributed by atoms with E-state index in [4.69, 9.17) is 9.47 Å². The number of fused-ring (bicyclic) bond motifs is 1. The predicted molar refractivity (Wildman–Crippen MR) is 89.4 cm³/mol. The topological polar surface area (TPSA) is 38.8 Å². The largest absolute Gasteiger partial charge is 0.496 e. The number of benzene rings is 2. The standard InChI is InChI=1S/C19H18F3NO3/c1-23-9-8-14-15(18(23)24)4-3-5-16(14)26-11-12-6-7-13(19(20,21)22)10-17(12)25-2/h3-7,10H,8-9,11H2,1-2H3. The van der Waals surface area contributed by atoms with Crippen LogP contribution in [-0.2, 0) is 19.2 Å². The Bertz CT molecular complexity index is 833. The van der Waals surface area contributed by atoms with Gasteiger partial charge in [-0.3, -0.25) is 4.79 Å². The maximum Gasteiger partial charge on any atom is 0.416 e. The van der Waals surface area contributed by atoms with E-state index in [1.807, 2.05) is 0 Å². The van der Waals surface area contributed by atoms with Crippen LogP contribution < -0.4 is 9.47 Å². The van der Waals surface area contributed by atoms with Crippen LogP contribution in [0.1, 0.15) is 27.0 Å². The molecule has 7 heteroatoms. The van der Waals surface area contributed by atoms with Crippen molar-refractivity contribution in [2.75, 3.05) is 20.7 Å². The van der Waals surface area contributed by atoms with E-state index in [2.05, 4.69) is 0 Å². The number of amides is 1. The second-order valence-corrected chi connectivity index (χ2v) is 6.07. The summed E-state index contributed by atoms with van der Waals surface area (Å²) in [7, 11) is 3.06. The molecule has 3 rings (SSSR count). The van der Waals surface area contributed by atoms with Crippen molar-refractivity contribution < 1.29 is 27.4 Å². The number of rotatable bonds is 4. The number of likely N-dealkylation sites (N-methyl/N-ethyl adjacent to an activating group) is 1. The average Bonchev–Trinajstić information content (AvgIpc) is 2.62. The highest BCUT2D eigenvalue weighted by molar-refractivity contribution is 5.97. The minimum Gasteiger partial charge on any atom is -0.496 e. The molecular formula is C19H18F3NO3. The highest BCUT2D eigenvalue weighted by Crippen LogP contribution is 2.34. The monoisotopic (exact) mass is 365 g/mol. The molecule has 26 heavy (non-hydrogen) atoms. The summed E-state index contributed by atoms with van der Waals surface area (Å²) in [6.45, 7) is 0.637. The molecule has 0 bridgehead atoms. The summed E-state index contributed by atoms with van der Waals surface area (Å²) in [6.07, 6.45) is -3.77. The van der Waals surface area contributed by atoms with Gasteiger partial charge in [0.1, 0.15) is 18.1 Å². The summed E-state index contributed by atoms with van der Waals surface area (Å²) in [6, 6.07) is 8.54. The summed E-state index contributed by atoms with van der Waals surface area (Å²) >= 11 is 0. The third kappa shape index (κ3) is 3.47. The Morgan fingerprint density at radius 2 is 1.92 bits per heavy atom. The van der Waals surface area contributed by atoms with Crippen molar-refractivity contribution in [3.63, 3.8) is 0 Å².